The molecule has 0 saturated carbocycles. The van der Waals surface area contributed by atoms with Gasteiger partial charge in [0.2, 0.25) is 0 Å². The number of hydrogen-bond donors (Lipinski definition) is 0. The van der Waals surface area contributed by atoms with Crippen LogP contribution in [0.15, 0.2) is 30.3 Å². The summed E-state index contributed by atoms with van der Waals surface area (Å²) in [5, 5.41) is 0. The Morgan fingerprint density at radius 2 is 1.53 bits per heavy atom. The summed E-state index contributed by atoms with van der Waals surface area (Å²) in [4.78, 5) is 0. The van der Waals surface area contributed by atoms with Crippen molar-refractivity contribution in [2.24, 2.45) is 0 Å². The molecule has 17 heavy (non-hydrogen) atoms. The van der Waals surface area contributed by atoms with Crippen LogP contribution in [0.3, 0.4) is 0 Å². The van der Waals surface area contributed by atoms with Gasteiger partial charge in [-0.1, -0.05) is 57.0 Å². The van der Waals surface area contributed by atoms with Crippen molar-refractivity contribution in [3.8, 4) is 0 Å². The van der Waals surface area contributed by atoms with Crippen molar-refractivity contribution in [3.05, 3.63) is 35.9 Å². The van der Waals surface area contributed by atoms with E-state index < -0.39 is 0 Å². The molecule has 0 fully saturated rings. The van der Waals surface area contributed by atoms with Gasteiger partial charge in [-0.15, -0.1) is 0 Å². The molecule has 0 bridgehead atoms. The molecule has 1 aromatic carbocycles. The first-order valence-corrected chi connectivity index (χ1v) is 8.41. The SMILES string of the molecule is CCCCP(CCCC)OCc1ccccc1. The van der Waals surface area contributed by atoms with Gasteiger partial charge in [-0.05, 0) is 30.7 Å². The summed E-state index contributed by atoms with van der Waals surface area (Å²) in [5.41, 5.74) is 1.30. The largest absolute Gasteiger partial charge is 0.355 e. The van der Waals surface area contributed by atoms with Crippen molar-refractivity contribution >= 4 is 8.15 Å². The van der Waals surface area contributed by atoms with Crippen molar-refractivity contribution in [2.75, 3.05) is 12.3 Å². The Labute approximate surface area is 107 Å². The normalized spacial score (nSPS) is 11.0. The molecule has 2 heteroatoms. The van der Waals surface area contributed by atoms with E-state index in [-0.39, 0.29) is 8.15 Å². The van der Waals surface area contributed by atoms with Crippen LogP contribution in [0.2, 0.25) is 0 Å². The predicted octanol–water partition coefficient (Wildman–Crippen LogP) is 5.20. The van der Waals surface area contributed by atoms with Crippen LogP contribution in [-0.4, -0.2) is 12.3 Å². The Morgan fingerprint density at radius 3 is 2.06 bits per heavy atom. The molecule has 96 valence electrons. The van der Waals surface area contributed by atoms with Gasteiger partial charge < -0.3 is 4.52 Å². The number of unbranched alkanes of at least 4 members (excludes halogenated alkanes) is 2. The molecule has 0 saturated heterocycles. The first-order valence-electron chi connectivity index (χ1n) is 6.78. The lowest BCUT2D eigenvalue weighted by Gasteiger charge is -2.17. The molecular formula is C15H25OP. The maximum absolute atomic E-state index is 6.10. The molecule has 0 radical (unpaired) electrons. The van der Waals surface area contributed by atoms with E-state index >= 15 is 0 Å². The predicted molar refractivity (Wildman–Crippen MR) is 77.7 cm³/mol. The molecule has 0 aromatic heterocycles. The van der Waals surface area contributed by atoms with Gasteiger partial charge in [0.15, 0.2) is 0 Å². The van der Waals surface area contributed by atoms with Gasteiger partial charge >= 0.3 is 0 Å². The van der Waals surface area contributed by atoms with E-state index in [1.807, 2.05) is 0 Å². The Bertz CT molecular complexity index is 266. The summed E-state index contributed by atoms with van der Waals surface area (Å²) in [7, 11) is -0.196. The zero-order chi connectivity index (χ0) is 12.3. The summed E-state index contributed by atoms with van der Waals surface area (Å²) in [5.74, 6) is 0. The molecule has 0 amide bonds. The van der Waals surface area contributed by atoms with Crippen LogP contribution >= 0.6 is 8.15 Å². The Morgan fingerprint density at radius 1 is 0.941 bits per heavy atom. The molecule has 0 unspecified atom stereocenters. The first-order chi connectivity index (χ1) is 8.36. The van der Waals surface area contributed by atoms with Crippen LogP contribution in [0.25, 0.3) is 0 Å². The number of hydrogen-bond acceptors (Lipinski definition) is 1. The second kappa shape index (κ2) is 9.62. The van der Waals surface area contributed by atoms with Crippen LogP contribution in [0.4, 0.5) is 0 Å². The van der Waals surface area contributed by atoms with Crippen LogP contribution in [-0.2, 0) is 11.1 Å². The lowest BCUT2D eigenvalue weighted by molar-refractivity contribution is 0.339. The molecular weight excluding hydrogens is 227 g/mol. The monoisotopic (exact) mass is 252 g/mol. The zero-order valence-corrected chi connectivity index (χ0v) is 12.1. The molecule has 1 nitrogen and oxygen atoms in total. The number of benzene rings is 1. The topological polar surface area (TPSA) is 9.23 Å². The molecule has 0 spiro atoms. The molecule has 1 aromatic rings. The molecule has 1 rings (SSSR count). The quantitative estimate of drug-likeness (QED) is 0.549. The van der Waals surface area contributed by atoms with E-state index in [0.717, 1.165) is 6.61 Å². The summed E-state index contributed by atoms with van der Waals surface area (Å²) >= 11 is 0. The molecule has 0 N–H and O–H groups in total. The maximum atomic E-state index is 6.10. The van der Waals surface area contributed by atoms with Crippen molar-refractivity contribution in [3.63, 3.8) is 0 Å². The van der Waals surface area contributed by atoms with E-state index in [9.17, 15) is 0 Å². The standard InChI is InChI=1S/C15H25OP/c1-3-5-12-17(13-6-4-2)16-14-15-10-8-7-9-11-15/h7-11H,3-6,12-14H2,1-2H3. The van der Waals surface area contributed by atoms with Crippen LogP contribution < -0.4 is 0 Å². The number of rotatable bonds is 9. The van der Waals surface area contributed by atoms with Gasteiger partial charge in [0.25, 0.3) is 0 Å². The first kappa shape index (κ1) is 14.7. The highest BCUT2D eigenvalue weighted by molar-refractivity contribution is 7.52. The van der Waals surface area contributed by atoms with Crippen molar-refractivity contribution in [1.82, 2.24) is 0 Å². The van der Waals surface area contributed by atoms with Crippen LogP contribution in [0.1, 0.15) is 45.1 Å². The Hall–Kier alpha value is -0.390. The lowest BCUT2D eigenvalue weighted by Crippen LogP contribution is -1.96. The fraction of sp³-hybridized carbons (Fsp3) is 0.600. The van der Waals surface area contributed by atoms with Gasteiger partial charge in [0.05, 0.1) is 6.61 Å². The van der Waals surface area contributed by atoms with Crippen LogP contribution in [0.5, 0.6) is 0 Å². The smallest absolute Gasteiger partial charge is 0.0759 e. The van der Waals surface area contributed by atoms with Crippen LogP contribution in [0, 0.1) is 0 Å². The second-order valence-corrected chi connectivity index (χ2v) is 6.51. The highest BCUT2D eigenvalue weighted by Gasteiger charge is 2.08. The summed E-state index contributed by atoms with van der Waals surface area (Å²) in [6.45, 7) is 5.30. The average molecular weight is 252 g/mol. The molecule has 0 atom stereocenters. The molecule has 0 aliphatic rings. The summed E-state index contributed by atoms with van der Waals surface area (Å²) < 4.78 is 6.10. The van der Waals surface area contributed by atoms with E-state index in [1.165, 1.54) is 43.6 Å². The minimum Gasteiger partial charge on any atom is -0.355 e. The Balaban J connectivity index is 2.31. The van der Waals surface area contributed by atoms with Gasteiger partial charge in [-0.25, -0.2) is 0 Å². The molecule has 0 heterocycles. The summed E-state index contributed by atoms with van der Waals surface area (Å²) in [6.07, 6.45) is 7.73. The third-order valence-electron chi connectivity index (χ3n) is 2.78. The van der Waals surface area contributed by atoms with Gasteiger partial charge in [0, 0.05) is 8.15 Å². The fourth-order valence-electron chi connectivity index (χ4n) is 1.65. The van der Waals surface area contributed by atoms with Gasteiger partial charge in [-0.2, -0.15) is 0 Å². The minimum atomic E-state index is -0.196. The third-order valence-corrected chi connectivity index (χ3v) is 4.90. The minimum absolute atomic E-state index is 0.196. The third kappa shape index (κ3) is 6.81. The van der Waals surface area contributed by atoms with E-state index in [4.69, 9.17) is 4.52 Å². The van der Waals surface area contributed by atoms with Crippen molar-refractivity contribution in [2.45, 2.75) is 46.1 Å². The highest BCUT2D eigenvalue weighted by atomic mass is 31.1. The Kier molecular flexibility index (Phi) is 8.30. The molecule has 0 aliphatic carbocycles. The second-order valence-electron chi connectivity index (χ2n) is 4.40. The van der Waals surface area contributed by atoms with E-state index in [2.05, 4.69) is 44.2 Å². The van der Waals surface area contributed by atoms with E-state index in [1.54, 1.807) is 0 Å². The average Bonchev–Trinajstić information content (AvgIpc) is 2.39. The lowest BCUT2D eigenvalue weighted by atomic mass is 10.2. The summed E-state index contributed by atoms with van der Waals surface area (Å²) in [6, 6.07) is 10.5. The van der Waals surface area contributed by atoms with E-state index in [0.29, 0.717) is 0 Å². The zero-order valence-electron chi connectivity index (χ0n) is 11.2. The highest BCUT2D eigenvalue weighted by Crippen LogP contribution is 2.39. The van der Waals surface area contributed by atoms with Gasteiger partial charge in [0.1, 0.15) is 0 Å². The van der Waals surface area contributed by atoms with Crippen molar-refractivity contribution < 1.29 is 4.52 Å². The fourth-order valence-corrected chi connectivity index (χ4v) is 3.80. The van der Waals surface area contributed by atoms with Gasteiger partial charge in [-0.3, -0.25) is 0 Å². The molecule has 0 aliphatic heterocycles. The maximum Gasteiger partial charge on any atom is 0.0759 e. The van der Waals surface area contributed by atoms with Crippen molar-refractivity contribution in [1.29, 1.82) is 0 Å².